The summed E-state index contributed by atoms with van der Waals surface area (Å²) in [5, 5.41) is -0.151. The SMILES string of the molecule is CC1=N[C@@H]([C@@H](Sc2ccccc2)C(=O)c2ccccc2)CC1. The molecule has 1 heterocycles. The van der Waals surface area contributed by atoms with Gasteiger partial charge in [0.2, 0.25) is 0 Å². The van der Waals surface area contributed by atoms with Gasteiger partial charge in [-0.25, -0.2) is 0 Å². The molecule has 2 aromatic rings. The molecule has 0 radical (unpaired) electrons. The minimum absolute atomic E-state index is 0.0814. The van der Waals surface area contributed by atoms with Crippen molar-refractivity contribution in [3.8, 4) is 0 Å². The van der Waals surface area contributed by atoms with E-state index < -0.39 is 0 Å². The minimum atomic E-state index is -0.151. The summed E-state index contributed by atoms with van der Waals surface area (Å²) in [7, 11) is 0. The van der Waals surface area contributed by atoms with Crippen LogP contribution in [0.3, 0.4) is 0 Å². The van der Waals surface area contributed by atoms with Crippen LogP contribution in [0, 0.1) is 0 Å². The monoisotopic (exact) mass is 309 g/mol. The Balaban J connectivity index is 1.87. The smallest absolute Gasteiger partial charge is 0.178 e. The van der Waals surface area contributed by atoms with Crippen LogP contribution < -0.4 is 0 Å². The number of rotatable bonds is 5. The average molecular weight is 309 g/mol. The number of hydrogen-bond acceptors (Lipinski definition) is 3. The van der Waals surface area contributed by atoms with Gasteiger partial charge in [-0.15, -0.1) is 11.8 Å². The summed E-state index contributed by atoms with van der Waals surface area (Å²) in [5.74, 6) is 0.179. The normalized spacial score (nSPS) is 18.8. The summed E-state index contributed by atoms with van der Waals surface area (Å²) in [6.07, 6.45) is 1.97. The molecule has 3 heteroatoms. The van der Waals surface area contributed by atoms with Gasteiger partial charge in [0.15, 0.2) is 5.78 Å². The van der Waals surface area contributed by atoms with E-state index in [1.807, 2.05) is 48.5 Å². The Hall–Kier alpha value is -1.87. The summed E-state index contributed by atoms with van der Waals surface area (Å²) in [6.45, 7) is 2.05. The summed E-state index contributed by atoms with van der Waals surface area (Å²) in [4.78, 5) is 18.8. The van der Waals surface area contributed by atoms with Gasteiger partial charge in [-0.3, -0.25) is 9.79 Å². The molecule has 0 bridgehead atoms. The van der Waals surface area contributed by atoms with Crippen LogP contribution in [0.5, 0.6) is 0 Å². The first-order valence-electron chi connectivity index (χ1n) is 7.58. The molecule has 1 aliphatic heterocycles. The quantitative estimate of drug-likeness (QED) is 0.594. The first kappa shape index (κ1) is 15.0. The maximum atomic E-state index is 13.0. The Labute approximate surface area is 135 Å². The van der Waals surface area contributed by atoms with Crippen LogP contribution in [-0.4, -0.2) is 22.8 Å². The van der Waals surface area contributed by atoms with Crippen LogP contribution in [0.2, 0.25) is 0 Å². The number of aliphatic imine (C=N–C) groups is 1. The summed E-state index contributed by atoms with van der Waals surface area (Å²) >= 11 is 1.63. The molecule has 0 unspecified atom stereocenters. The largest absolute Gasteiger partial charge is 0.293 e. The van der Waals surface area contributed by atoms with Gasteiger partial charge < -0.3 is 0 Å². The van der Waals surface area contributed by atoms with Crippen molar-refractivity contribution in [2.24, 2.45) is 4.99 Å². The highest BCUT2D eigenvalue weighted by Crippen LogP contribution is 2.33. The lowest BCUT2D eigenvalue weighted by molar-refractivity contribution is 0.0982. The van der Waals surface area contributed by atoms with Crippen LogP contribution >= 0.6 is 11.8 Å². The van der Waals surface area contributed by atoms with E-state index in [1.54, 1.807) is 11.8 Å². The predicted octanol–water partition coefficient (Wildman–Crippen LogP) is 4.65. The first-order valence-corrected chi connectivity index (χ1v) is 8.46. The molecule has 0 saturated heterocycles. The third-order valence-electron chi connectivity index (χ3n) is 3.86. The zero-order chi connectivity index (χ0) is 15.4. The van der Waals surface area contributed by atoms with E-state index in [4.69, 9.17) is 4.99 Å². The number of carbonyl (C=O) groups excluding carboxylic acids is 1. The van der Waals surface area contributed by atoms with Gasteiger partial charge in [-0.05, 0) is 31.9 Å². The van der Waals surface area contributed by atoms with Crippen LogP contribution in [-0.2, 0) is 0 Å². The standard InChI is InChI=1S/C19H19NOS/c1-14-12-13-17(20-14)19(22-16-10-6-3-7-11-16)18(21)15-8-4-2-5-9-15/h2-11,17,19H,12-13H2,1H3/t17-,19-/m1/s1. The van der Waals surface area contributed by atoms with E-state index in [-0.39, 0.29) is 17.1 Å². The average Bonchev–Trinajstić information content (AvgIpc) is 3.00. The molecule has 2 atom stereocenters. The number of benzene rings is 2. The maximum absolute atomic E-state index is 13.0. The molecule has 1 aliphatic rings. The molecule has 112 valence electrons. The number of carbonyl (C=O) groups is 1. The number of Topliss-reactive ketones (excluding diaryl/α,β-unsaturated/α-hetero) is 1. The van der Waals surface area contributed by atoms with Crippen molar-refractivity contribution in [3.63, 3.8) is 0 Å². The lowest BCUT2D eigenvalue weighted by Crippen LogP contribution is -2.28. The Kier molecular flexibility index (Phi) is 4.74. The van der Waals surface area contributed by atoms with E-state index in [0.717, 1.165) is 29.0 Å². The third kappa shape index (κ3) is 3.47. The van der Waals surface area contributed by atoms with Gasteiger partial charge in [-0.1, -0.05) is 48.5 Å². The van der Waals surface area contributed by atoms with E-state index >= 15 is 0 Å². The number of ketones is 1. The molecule has 0 fully saturated rings. The molecule has 2 aromatic carbocycles. The second-order valence-corrected chi connectivity index (χ2v) is 6.77. The highest BCUT2D eigenvalue weighted by atomic mass is 32.2. The lowest BCUT2D eigenvalue weighted by Gasteiger charge is -2.20. The fraction of sp³-hybridized carbons (Fsp3) is 0.263. The van der Waals surface area contributed by atoms with Gasteiger partial charge in [0, 0.05) is 16.2 Å². The molecule has 0 amide bonds. The number of nitrogens with zero attached hydrogens (tertiary/aromatic N) is 1. The van der Waals surface area contributed by atoms with Crippen LogP contribution in [0.15, 0.2) is 70.6 Å². The molecule has 0 aromatic heterocycles. The number of thioether (sulfide) groups is 1. The van der Waals surface area contributed by atoms with Crippen LogP contribution in [0.25, 0.3) is 0 Å². The van der Waals surface area contributed by atoms with E-state index in [1.165, 1.54) is 0 Å². The van der Waals surface area contributed by atoms with Crippen molar-refractivity contribution in [2.45, 2.75) is 36.0 Å². The lowest BCUT2D eigenvalue weighted by atomic mass is 10.0. The molecular formula is C19H19NOS. The van der Waals surface area contributed by atoms with E-state index in [9.17, 15) is 4.79 Å². The van der Waals surface area contributed by atoms with Crippen molar-refractivity contribution < 1.29 is 4.79 Å². The van der Waals surface area contributed by atoms with Crippen LogP contribution in [0.4, 0.5) is 0 Å². The van der Waals surface area contributed by atoms with Crippen LogP contribution in [0.1, 0.15) is 30.1 Å². The summed E-state index contributed by atoms with van der Waals surface area (Å²) in [6, 6.07) is 19.8. The molecule has 3 rings (SSSR count). The Morgan fingerprint density at radius 3 is 2.32 bits per heavy atom. The molecule has 22 heavy (non-hydrogen) atoms. The topological polar surface area (TPSA) is 29.4 Å². The third-order valence-corrected chi connectivity index (χ3v) is 5.19. The van der Waals surface area contributed by atoms with Crippen molar-refractivity contribution >= 4 is 23.3 Å². The molecule has 0 aliphatic carbocycles. The fourth-order valence-corrected chi connectivity index (χ4v) is 3.91. The van der Waals surface area contributed by atoms with Gasteiger partial charge in [0.1, 0.15) is 0 Å². The Morgan fingerprint density at radius 1 is 1.09 bits per heavy atom. The first-order chi connectivity index (χ1) is 10.7. The zero-order valence-electron chi connectivity index (χ0n) is 12.6. The fourth-order valence-electron chi connectivity index (χ4n) is 2.71. The zero-order valence-corrected chi connectivity index (χ0v) is 13.4. The number of hydrogen-bond donors (Lipinski definition) is 0. The van der Waals surface area contributed by atoms with Crippen molar-refractivity contribution in [1.82, 2.24) is 0 Å². The Bertz CT molecular complexity index is 666. The highest BCUT2D eigenvalue weighted by Gasteiger charge is 2.32. The molecule has 0 spiro atoms. The molecule has 0 saturated carbocycles. The highest BCUT2D eigenvalue weighted by molar-refractivity contribution is 8.00. The Morgan fingerprint density at radius 2 is 1.73 bits per heavy atom. The summed E-state index contributed by atoms with van der Waals surface area (Å²) < 4.78 is 0. The maximum Gasteiger partial charge on any atom is 0.178 e. The van der Waals surface area contributed by atoms with Gasteiger partial charge in [0.25, 0.3) is 0 Å². The molecular weight excluding hydrogens is 290 g/mol. The molecule has 0 N–H and O–H groups in total. The molecule has 2 nitrogen and oxygen atoms in total. The summed E-state index contributed by atoms with van der Waals surface area (Å²) in [5.41, 5.74) is 1.93. The minimum Gasteiger partial charge on any atom is -0.293 e. The predicted molar refractivity (Wildman–Crippen MR) is 93.0 cm³/mol. The second kappa shape index (κ2) is 6.93. The van der Waals surface area contributed by atoms with Gasteiger partial charge >= 0.3 is 0 Å². The van der Waals surface area contributed by atoms with Gasteiger partial charge in [0.05, 0.1) is 11.3 Å². The van der Waals surface area contributed by atoms with E-state index in [0.29, 0.717) is 0 Å². The van der Waals surface area contributed by atoms with E-state index in [2.05, 4.69) is 19.1 Å². The van der Waals surface area contributed by atoms with Gasteiger partial charge in [-0.2, -0.15) is 0 Å². The van der Waals surface area contributed by atoms with Crippen molar-refractivity contribution in [3.05, 3.63) is 66.2 Å². The van der Waals surface area contributed by atoms with Crippen molar-refractivity contribution in [1.29, 1.82) is 0 Å². The van der Waals surface area contributed by atoms with Crippen molar-refractivity contribution in [2.75, 3.05) is 0 Å². The second-order valence-electron chi connectivity index (χ2n) is 5.55.